The van der Waals surface area contributed by atoms with Crippen LogP contribution in [0.5, 0.6) is 0 Å². The van der Waals surface area contributed by atoms with E-state index >= 15 is 0 Å². The molecule has 6 nitrogen and oxygen atoms in total. The Hall–Kier alpha value is -0.473. The normalized spacial score (nSPS) is 41.6. The summed E-state index contributed by atoms with van der Waals surface area (Å²) < 4.78 is 18.5. The molecule has 3 fully saturated rings. The monoisotopic (exact) mass is 302 g/mol. The van der Waals surface area contributed by atoms with Crippen molar-refractivity contribution in [1.82, 2.24) is 9.80 Å². The van der Waals surface area contributed by atoms with Gasteiger partial charge in [0.15, 0.2) is 0 Å². The van der Waals surface area contributed by atoms with Gasteiger partial charge in [0, 0.05) is 33.6 Å². The molecule has 116 valence electrons. The molecule has 3 aliphatic rings. The summed E-state index contributed by atoms with van der Waals surface area (Å²) in [5.74, 6) is 0.00128. The topological polar surface area (TPSA) is 51.2 Å². The fourth-order valence-corrected chi connectivity index (χ4v) is 6.20. The third-order valence-electron chi connectivity index (χ3n) is 3.66. The largest absolute Gasteiger partial charge is 0.522 e. The van der Waals surface area contributed by atoms with Crippen molar-refractivity contribution >= 4 is 14.7 Å². The van der Waals surface area contributed by atoms with Gasteiger partial charge in [-0.1, -0.05) is 0 Å². The van der Waals surface area contributed by atoms with Crippen molar-refractivity contribution < 1.29 is 18.1 Å². The first-order chi connectivity index (χ1) is 9.29. The standard InChI is InChI=1S/C13H26N2O4Si/c1-10-6-15-7-11(2)18-20(17-10,19-12(3)8-15)9-14(5)13(4)16/h10-12H,6-9H2,1-5H3. The summed E-state index contributed by atoms with van der Waals surface area (Å²) >= 11 is 0. The van der Waals surface area contributed by atoms with E-state index in [9.17, 15) is 4.79 Å². The summed E-state index contributed by atoms with van der Waals surface area (Å²) in [6.45, 7) is 10.3. The van der Waals surface area contributed by atoms with Crippen LogP contribution in [-0.4, -0.2) is 75.7 Å². The first-order valence-electron chi connectivity index (χ1n) is 7.27. The van der Waals surface area contributed by atoms with Crippen LogP contribution < -0.4 is 0 Å². The highest BCUT2D eigenvalue weighted by Crippen LogP contribution is 2.25. The SMILES string of the molecule is CC(=O)N(C)C[Si]12OC(C)CN(CC(C)O1)CC(C)O2. The zero-order valence-electron chi connectivity index (χ0n) is 13.1. The molecule has 0 aliphatic carbocycles. The van der Waals surface area contributed by atoms with Gasteiger partial charge < -0.3 is 18.2 Å². The number of rotatable bonds is 2. The molecule has 3 rings (SSSR count). The highest BCUT2D eigenvalue weighted by Gasteiger charge is 2.50. The lowest BCUT2D eigenvalue weighted by Crippen LogP contribution is -2.65. The van der Waals surface area contributed by atoms with Gasteiger partial charge >= 0.3 is 8.80 Å². The predicted molar refractivity (Wildman–Crippen MR) is 77.1 cm³/mol. The quantitative estimate of drug-likeness (QED) is 0.695. The maximum absolute atomic E-state index is 11.5. The molecule has 0 saturated carbocycles. The minimum absolute atomic E-state index is 0.00128. The van der Waals surface area contributed by atoms with E-state index in [1.54, 1.807) is 18.9 Å². The Kier molecular flexibility index (Phi) is 4.86. The summed E-state index contributed by atoms with van der Waals surface area (Å²) in [6, 6.07) is 0. The lowest BCUT2D eigenvalue weighted by atomic mass is 10.2. The zero-order valence-corrected chi connectivity index (χ0v) is 14.1. The third kappa shape index (κ3) is 3.79. The number of amides is 1. The van der Waals surface area contributed by atoms with Crippen molar-refractivity contribution in [2.45, 2.75) is 46.0 Å². The van der Waals surface area contributed by atoms with E-state index in [0.717, 1.165) is 19.6 Å². The van der Waals surface area contributed by atoms with Gasteiger partial charge in [-0.2, -0.15) is 0 Å². The summed E-state index contributed by atoms with van der Waals surface area (Å²) in [5, 5.41) is 0. The van der Waals surface area contributed by atoms with Gasteiger partial charge in [-0.15, -0.1) is 0 Å². The third-order valence-corrected chi connectivity index (χ3v) is 6.80. The number of nitrogens with zero attached hydrogens (tertiary/aromatic N) is 2. The second-order valence-electron chi connectivity index (χ2n) is 6.06. The predicted octanol–water partition coefficient (Wildman–Crippen LogP) is 0.487. The summed E-state index contributed by atoms with van der Waals surface area (Å²) in [7, 11) is -1.10. The highest BCUT2D eigenvalue weighted by molar-refractivity contribution is 6.61. The van der Waals surface area contributed by atoms with Crippen molar-refractivity contribution in [3.63, 3.8) is 0 Å². The number of carbonyl (C=O) groups is 1. The van der Waals surface area contributed by atoms with Crippen LogP contribution >= 0.6 is 0 Å². The van der Waals surface area contributed by atoms with Gasteiger partial charge in [-0.05, 0) is 20.8 Å². The van der Waals surface area contributed by atoms with Gasteiger partial charge in [-0.25, -0.2) is 0 Å². The Balaban J connectivity index is 2.24. The average molecular weight is 302 g/mol. The molecule has 20 heavy (non-hydrogen) atoms. The van der Waals surface area contributed by atoms with Gasteiger partial charge in [0.05, 0.1) is 24.5 Å². The molecule has 7 heteroatoms. The minimum atomic E-state index is -2.86. The Morgan fingerprint density at radius 1 is 1.10 bits per heavy atom. The lowest BCUT2D eigenvalue weighted by molar-refractivity contribution is -0.129. The van der Waals surface area contributed by atoms with Crippen LogP contribution in [0.3, 0.4) is 0 Å². The molecule has 3 aliphatic heterocycles. The molecule has 0 radical (unpaired) electrons. The second-order valence-corrected chi connectivity index (χ2v) is 8.45. The number of fused-ring (bicyclic) bond motifs is 6. The van der Waals surface area contributed by atoms with Crippen molar-refractivity contribution in [3.05, 3.63) is 0 Å². The number of hydrogen-bond donors (Lipinski definition) is 0. The molecular weight excluding hydrogens is 276 g/mol. The van der Waals surface area contributed by atoms with Crippen LogP contribution in [0.15, 0.2) is 0 Å². The maximum atomic E-state index is 11.5. The molecule has 3 atom stereocenters. The van der Waals surface area contributed by atoms with Gasteiger partial charge in [0.25, 0.3) is 0 Å². The summed E-state index contributed by atoms with van der Waals surface area (Å²) in [5.41, 5.74) is 0. The molecular formula is C13H26N2O4Si. The minimum Gasteiger partial charge on any atom is -0.368 e. The molecule has 0 aromatic carbocycles. The summed E-state index contributed by atoms with van der Waals surface area (Å²) in [6.07, 6.45) is 0.590. The Morgan fingerprint density at radius 2 is 1.50 bits per heavy atom. The van der Waals surface area contributed by atoms with E-state index in [1.165, 1.54) is 0 Å². The van der Waals surface area contributed by atoms with Gasteiger partial charge in [0.2, 0.25) is 5.91 Å². The van der Waals surface area contributed by atoms with Crippen LogP contribution in [0.2, 0.25) is 0 Å². The molecule has 3 saturated heterocycles. The zero-order chi connectivity index (χ0) is 14.9. The first kappa shape index (κ1) is 15.9. The van der Waals surface area contributed by atoms with Gasteiger partial charge in [0.1, 0.15) is 0 Å². The van der Waals surface area contributed by atoms with E-state index in [4.69, 9.17) is 13.3 Å². The summed E-state index contributed by atoms with van der Waals surface area (Å²) in [4.78, 5) is 15.5. The lowest BCUT2D eigenvalue weighted by Gasteiger charge is -2.46. The van der Waals surface area contributed by atoms with Crippen LogP contribution in [0.25, 0.3) is 0 Å². The van der Waals surface area contributed by atoms with Crippen LogP contribution in [0.4, 0.5) is 0 Å². The number of hydrogen-bond acceptors (Lipinski definition) is 5. The van der Waals surface area contributed by atoms with E-state index < -0.39 is 8.80 Å². The van der Waals surface area contributed by atoms with E-state index in [2.05, 4.69) is 4.90 Å². The van der Waals surface area contributed by atoms with Crippen molar-refractivity contribution in [2.75, 3.05) is 32.8 Å². The van der Waals surface area contributed by atoms with Crippen molar-refractivity contribution in [1.29, 1.82) is 0 Å². The molecule has 0 aromatic rings. The molecule has 3 heterocycles. The van der Waals surface area contributed by atoms with Crippen LogP contribution in [0.1, 0.15) is 27.7 Å². The van der Waals surface area contributed by atoms with Crippen molar-refractivity contribution in [2.24, 2.45) is 0 Å². The molecule has 2 bridgehead atoms. The number of carbonyl (C=O) groups excluding carboxylic acids is 1. The van der Waals surface area contributed by atoms with E-state index in [0.29, 0.717) is 6.17 Å². The second kappa shape index (κ2) is 6.11. The molecule has 0 spiro atoms. The fourth-order valence-electron chi connectivity index (χ4n) is 2.94. The van der Waals surface area contributed by atoms with Crippen molar-refractivity contribution in [3.8, 4) is 0 Å². The molecule has 0 N–H and O–H groups in total. The molecule has 0 aromatic heterocycles. The Morgan fingerprint density at radius 3 is 1.85 bits per heavy atom. The maximum Gasteiger partial charge on any atom is 0.522 e. The Bertz CT molecular complexity index is 332. The fraction of sp³-hybridized carbons (Fsp3) is 0.923. The average Bonchev–Trinajstić information content (AvgIpc) is 2.23. The van der Waals surface area contributed by atoms with E-state index in [-0.39, 0.29) is 24.2 Å². The first-order valence-corrected chi connectivity index (χ1v) is 9.20. The Labute approximate surface area is 122 Å². The molecule has 1 amide bonds. The highest BCUT2D eigenvalue weighted by atomic mass is 28.4. The van der Waals surface area contributed by atoms with Crippen LogP contribution in [0, 0.1) is 0 Å². The van der Waals surface area contributed by atoms with Crippen LogP contribution in [-0.2, 0) is 18.1 Å². The van der Waals surface area contributed by atoms with Gasteiger partial charge in [-0.3, -0.25) is 9.69 Å². The molecule has 3 unspecified atom stereocenters. The van der Waals surface area contributed by atoms with E-state index in [1.807, 2.05) is 20.8 Å². The smallest absolute Gasteiger partial charge is 0.368 e.